The van der Waals surface area contributed by atoms with Gasteiger partial charge in [-0.25, -0.2) is 9.97 Å². The van der Waals surface area contributed by atoms with Gasteiger partial charge < -0.3 is 15.5 Å². The van der Waals surface area contributed by atoms with E-state index < -0.39 is 0 Å². The van der Waals surface area contributed by atoms with E-state index in [9.17, 15) is 9.59 Å². The third-order valence-corrected chi connectivity index (χ3v) is 5.55. The highest BCUT2D eigenvalue weighted by molar-refractivity contribution is 5.94. The summed E-state index contributed by atoms with van der Waals surface area (Å²) in [4.78, 5) is 39.6. The number of amides is 2. The van der Waals surface area contributed by atoms with E-state index in [1.54, 1.807) is 25.6 Å². The highest BCUT2D eigenvalue weighted by atomic mass is 16.2. The Labute approximate surface area is 170 Å². The minimum Gasteiger partial charge on any atom is -0.357 e. The van der Waals surface area contributed by atoms with Crippen molar-refractivity contribution in [1.29, 1.82) is 0 Å². The molecule has 2 fully saturated rings. The minimum atomic E-state index is -0.0681. The number of likely N-dealkylation sites (tertiary alicyclic amines) is 1. The number of pyridine rings is 1. The van der Waals surface area contributed by atoms with Gasteiger partial charge in [0, 0.05) is 56.9 Å². The van der Waals surface area contributed by atoms with E-state index in [1.165, 1.54) is 12.8 Å². The SMILES string of the molecule is CNc1ncc(C(=O)N2CCC[C@H](c3ccc(C(=O)NCC4CC4)cn3)C2)cn1. The van der Waals surface area contributed by atoms with Crippen LogP contribution in [-0.4, -0.2) is 58.3 Å². The first kappa shape index (κ1) is 19.3. The van der Waals surface area contributed by atoms with Crippen molar-refractivity contribution in [2.75, 3.05) is 32.0 Å². The van der Waals surface area contributed by atoms with E-state index in [0.717, 1.165) is 25.1 Å². The third kappa shape index (κ3) is 4.70. The number of nitrogens with one attached hydrogen (secondary N) is 2. The number of carbonyl (C=O) groups is 2. The first-order chi connectivity index (χ1) is 14.1. The molecule has 1 saturated heterocycles. The topological polar surface area (TPSA) is 100 Å². The number of aromatic nitrogens is 3. The lowest BCUT2D eigenvalue weighted by atomic mass is 9.93. The van der Waals surface area contributed by atoms with Crippen molar-refractivity contribution in [3.05, 3.63) is 47.5 Å². The minimum absolute atomic E-state index is 0.0616. The lowest BCUT2D eigenvalue weighted by Gasteiger charge is -2.32. The second-order valence-electron chi connectivity index (χ2n) is 7.76. The molecule has 0 aromatic carbocycles. The standard InChI is InChI=1S/C21H26N6O2/c1-22-21-25-11-17(12-26-21)20(29)27-8-2-3-16(13-27)18-7-6-15(10-23-18)19(28)24-9-14-4-5-14/h6-7,10-12,14,16H,2-5,8-9,13H2,1H3,(H,24,28)(H,22,25,26)/t16-/m0/s1. The molecule has 1 aliphatic carbocycles. The summed E-state index contributed by atoms with van der Waals surface area (Å²) >= 11 is 0. The van der Waals surface area contributed by atoms with Gasteiger partial charge in [0.2, 0.25) is 5.95 Å². The van der Waals surface area contributed by atoms with Crippen LogP contribution in [0.5, 0.6) is 0 Å². The Balaban J connectivity index is 1.38. The molecule has 1 aliphatic heterocycles. The molecule has 29 heavy (non-hydrogen) atoms. The van der Waals surface area contributed by atoms with Crippen molar-refractivity contribution >= 4 is 17.8 Å². The number of anilines is 1. The number of piperidine rings is 1. The number of hydrogen-bond acceptors (Lipinski definition) is 6. The lowest BCUT2D eigenvalue weighted by Crippen LogP contribution is -2.39. The summed E-state index contributed by atoms with van der Waals surface area (Å²) in [6.45, 7) is 2.07. The van der Waals surface area contributed by atoms with Crippen LogP contribution in [0.2, 0.25) is 0 Å². The van der Waals surface area contributed by atoms with Crippen LogP contribution in [0.4, 0.5) is 5.95 Å². The van der Waals surface area contributed by atoms with Crippen molar-refractivity contribution in [3.8, 4) is 0 Å². The van der Waals surface area contributed by atoms with Crippen molar-refractivity contribution in [2.45, 2.75) is 31.6 Å². The van der Waals surface area contributed by atoms with Crippen molar-refractivity contribution < 1.29 is 9.59 Å². The zero-order valence-corrected chi connectivity index (χ0v) is 16.6. The zero-order valence-electron chi connectivity index (χ0n) is 16.6. The fourth-order valence-electron chi connectivity index (χ4n) is 3.60. The molecule has 3 heterocycles. The quantitative estimate of drug-likeness (QED) is 0.778. The van der Waals surface area contributed by atoms with Gasteiger partial charge in [0.15, 0.2) is 0 Å². The number of nitrogens with zero attached hydrogens (tertiary/aromatic N) is 4. The van der Waals surface area contributed by atoms with Crippen LogP contribution in [0.1, 0.15) is 58.0 Å². The van der Waals surface area contributed by atoms with Crippen molar-refractivity contribution in [2.24, 2.45) is 5.92 Å². The van der Waals surface area contributed by atoms with Gasteiger partial charge in [0.25, 0.3) is 11.8 Å². The number of rotatable bonds is 6. The van der Waals surface area contributed by atoms with Gasteiger partial charge in [-0.3, -0.25) is 14.6 Å². The molecule has 2 amide bonds. The second kappa shape index (κ2) is 8.55. The Morgan fingerprint density at radius 3 is 2.48 bits per heavy atom. The van der Waals surface area contributed by atoms with Crippen LogP contribution in [-0.2, 0) is 0 Å². The van der Waals surface area contributed by atoms with Crippen LogP contribution in [0.15, 0.2) is 30.7 Å². The summed E-state index contributed by atoms with van der Waals surface area (Å²) in [5.41, 5.74) is 1.99. The van der Waals surface area contributed by atoms with Crippen LogP contribution in [0.3, 0.4) is 0 Å². The Morgan fingerprint density at radius 1 is 1.07 bits per heavy atom. The second-order valence-corrected chi connectivity index (χ2v) is 7.76. The maximum Gasteiger partial charge on any atom is 0.257 e. The highest BCUT2D eigenvalue weighted by Crippen LogP contribution is 2.28. The fraction of sp³-hybridized carbons (Fsp3) is 0.476. The Kier molecular flexibility index (Phi) is 5.69. The average Bonchev–Trinajstić information content (AvgIpc) is 3.62. The highest BCUT2D eigenvalue weighted by Gasteiger charge is 2.27. The Hall–Kier alpha value is -3.03. The van der Waals surface area contributed by atoms with Gasteiger partial charge in [-0.1, -0.05) is 0 Å². The summed E-state index contributed by atoms with van der Waals surface area (Å²) in [5, 5.41) is 5.81. The molecule has 2 aromatic heterocycles. The van der Waals surface area contributed by atoms with E-state index in [4.69, 9.17) is 0 Å². The molecule has 1 saturated carbocycles. The van der Waals surface area contributed by atoms with Gasteiger partial charge in [0.05, 0.1) is 11.1 Å². The lowest BCUT2D eigenvalue weighted by molar-refractivity contribution is 0.0705. The third-order valence-electron chi connectivity index (χ3n) is 5.55. The van der Waals surface area contributed by atoms with Gasteiger partial charge in [-0.15, -0.1) is 0 Å². The first-order valence-electron chi connectivity index (χ1n) is 10.2. The number of hydrogen-bond donors (Lipinski definition) is 2. The molecule has 0 radical (unpaired) electrons. The maximum absolute atomic E-state index is 12.8. The predicted molar refractivity (Wildman–Crippen MR) is 109 cm³/mol. The Morgan fingerprint density at radius 2 is 1.83 bits per heavy atom. The number of carbonyl (C=O) groups excluding carboxylic acids is 2. The molecular formula is C21H26N6O2. The predicted octanol–water partition coefficient (Wildman–Crippen LogP) is 2.07. The molecule has 4 rings (SSSR count). The van der Waals surface area contributed by atoms with Gasteiger partial charge in [-0.2, -0.15) is 0 Å². The van der Waals surface area contributed by atoms with Crippen LogP contribution >= 0.6 is 0 Å². The summed E-state index contributed by atoms with van der Waals surface area (Å²) in [5.74, 6) is 1.17. The maximum atomic E-state index is 12.8. The molecule has 1 atom stereocenters. The molecule has 2 aromatic rings. The molecule has 0 unspecified atom stereocenters. The fourth-order valence-corrected chi connectivity index (χ4v) is 3.60. The van der Waals surface area contributed by atoms with Gasteiger partial charge >= 0.3 is 0 Å². The zero-order chi connectivity index (χ0) is 20.2. The van der Waals surface area contributed by atoms with Gasteiger partial charge in [0.1, 0.15) is 0 Å². The molecule has 0 spiro atoms. The monoisotopic (exact) mass is 394 g/mol. The summed E-state index contributed by atoms with van der Waals surface area (Å²) < 4.78 is 0. The van der Waals surface area contributed by atoms with Crippen molar-refractivity contribution in [1.82, 2.24) is 25.2 Å². The van der Waals surface area contributed by atoms with Crippen molar-refractivity contribution in [3.63, 3.8) is 0 Å². The van der Waals surface area contributed by atoms with E-state index in [0.29, 0.717) is 36.1 Å². The molecule has 2 N–H and O–H groups in total. The molecule has 0 bridgehead atoms. The molecule has 152 valence electrons. The average molecular weight is 394 g/mol. The largest absolute Gasteiger partial charge is 0.357 e. The normalized spacial score (nSPS) is 18.9. The summed E-state index contributed by atoms with van der Waals surface area (Å²) in [7, 11) is 1.74. The smallest absolute Gasteiger partial charge is 0.257 e. The molecule has 2 aliphatic rings. The molecule has 8 nitrogen and oxygen atoms in total. The summed E-state index contributed by atoms with van der Waals surface area (Å²) in [6.07, 6.45) is 9.05. The van der Waals surface area contributed by atoms with E-state index in [-0.39, 0.29) is 17.7 Å². The van der Waals surface area contributed by atoms with Gasteiger partial charge in [-0.05, 0) is 43.7 Å². The Bertz CT molecular complexity index is 864. The van der Waals surface area contributed by atoms with Crippen LogP contribution < -0.4 is 10.6 Å². The van der Waals surface area contributed by atoms with E-state index in [2.05, 4.69) is 25.6 Å². The first-order valence-corrected chi connectivity index (χ1v) is 10.2. The molecular weight excluding hydrogens is 368 g/mol. The van der Waals surface area contributed by atoms with E-state index >= 15 is 0 Å². The van der Waals surface area contributed by atoms with Crippen LogP contribution in [0.25, 0.3) is 0 Å². The van der Waals surface area contributed by atoms with Crippen LogP contribution in [0, 0.1) is 5.92 Å². The molecule has 8 heteroatoms. The summed E-state index contributed by atoms with van der Waals surface area (Å²) in [6, 6.07) is 3.74. The van der Waals surface area contributed by atoms with E-state index in [1.807, 2.05) is 17.0 Å².